The highest BCUT2D eigenvalue weighted by molar-refractivity contribution is 7.09. The molecule has 1 aromatic carbocycles. The van der Waals surface area contributed by atoms with Gasteiger partial charge in [0.25, 0.3) is 5.91 Å². The molecule has 0 aliphatic carbocycles. The maximum atomic E-state index is 11.2. The van der Waals surface area contributed by atoms with Crippen LogP contribution >= 0.6 is 11.3 Å². The van der Waals surface area contributed by atoms with Crippen LogP contribution < -0.4 is 16.8 Å². The van der Waals surface area contributed by atoms with Crippen molar-refractivity contribution in [2.75, 3.05) is 17.6 Å². The zero-order valence-electron chi connectivity index (χ0n) is 10.6. The highest BCUT2D eigenvalue weighted by Crippen LogP contribution is 2.17. The molecule has 1 amide bonds. The number of aromatic nitrogens is 1. The quantitative estimate of drug-likeness (QED) is 0.726. The van der Waals surface area contributed by atoms with Gasteiger partial charge in [-0.25, -0.2) is 4.98 Å². The van der Waals surface area contributed by atoms with Gasteiger partial charge in [-0.2, -0.15) is 0 Å². The number of amides is 1. The molecule has 5 nitrogen and oxygen atoms in total. The lowest BCUT2D eigenvalue weighted by atomic mass is 10.1. The van der Waals surface area contributed by atoms with E-state index in [4.69, 9.17) is 11.5 Å². The molecule has 0 aliphatic heterocycles. The van der Waals surface area contributed by atoms with Crippen molar-refractivity contribution < 1.29 is 4.79 Å². The number of carbonyl (C=O) groups is 1. The normalized spacial score (nSPS) is 10.4. The van der Waals surface area contributed by atoms with E-state index in [2.05, 4.69) is 10.3 Å². The van der Waals surface area contributed by atoms with E-state index in [1.165, 1.54) is 0 Å². The van der Waals surface area contributed by atoms with Crippen LogP contribution in [0.5, 0.6) is 0 Å². The summed E-state index contributed by atoms with van der Waals surface area (Å²) in [7, 11) is 0. The van der Waals surface area contributed by atoms with Crippen LogP contribution in [0.3, 0.4) is 0 Å². The lowest BCUT2D eigenvalue weighted by Gasteiger charge is -2.08. The maximum absolute atomic E-state index is 11.2. The molecule has 1 aromatic heterocycles. The molecule has 0 aliphatic rings. The van der Waals surface area contributed by atoms with Gasteiger partial charge in [-0.15, -0.1) is 11.3 Å². The van der Waals surface area contributed by atoms with Crippen LogP contribution in [-0.2, 0) is 6.42 Å². The highest BCUT2D eigenvalue weighted by atomic mass is 32.1. The SMILES string of the molecule is Cc1csc(CCNc2ccc(N)c(C(N)=O)c2)n1. The predicted molar refractivity (Wildman–Crippen MR) is 78.4 cm³/mol. The Morgan fingerprint density at radius 2 is 2.26 bits per heavy atom. The van der Waals surface area contributed by atoms with Crippen molar-refractivity contribution >= 4 is 28.6 Å². The lowest BCUT2D eigenvalue weighted by Crippen LogP contribution is -2.14. The van der Waals surface area contributed by atoms with Crippen molar-refractivity contribution in [3.05, 3.63) is 39.8 Å². The van der Waals surface area contributed by atoms with Gasteiger partial charge in [0.2, 0.25) is 0 Å². The summed E-state index contributed by atoms with van der Waals surface area (Å²) in [6, 6.07) is 5.18. The summed E-state index contributed by atoms with van der Waals surface area (Å²) in [5.41, 5.74) is 13.5. The molecule has 19 heavy (non-hydrogen) atoms. The second-order valence-electron chi connectivity index (χ2n) is 4.23. The third-order valence-electron chi connectivity index (χ3n) is 2.65. The fourth-order valence-electron chi connectivity index (χ4n) is 1.71. The Hall–Kier alpha value is -2.08. The van der Waals surface area contributed by atoms with Gasteiger partial charge >= 0.3 is 0 Å². The van der Waals surface area contributed by atoms with Gasteiger partial charge in [0.1, 0.15) is 0 Å². The fourth-order valence-corrected chi connectivity index (χ4v) is 2.49. The van der Waals surface area contributed by atoms with Crippen molar-refractivity contribution in [2.45, 2.75) is 13.3 Å². The molecule has 100 valence electrons. The Bertz CT molecular complexity index is 594. The van der Waals surface area contributed by atoms with Gasteiger partial charge in [-0.05, 0) is 25.1 Å². The van der Waals surface area contributed by atoms with Gasteiger partial charge in [0, 0.05) is 35.4 Å². The van der Waals surface area contributed by atoms with Crippen LogP contribution in [0.15, 0.2) is 23.6 Å². The van der Waals surface area contributed by atoms with Crippen LogP contribution in [0.25, 0.3) is 0 Å². The number of nitrogens with one attached hydrogen (secondary N) is 1. The van der Waals surface area contributed by atoms with Crippen LogP contribution in [0.4, 0.5) is 11.4 Å². The van der Waals surface area contributed by atoms with Gasteiger partial charge < -0.3 is 16.8 Å². The Kier molecular flexibility index (Phi) is 4.01. The second kappa shape index (κ2) is 5.71. The van der Waals surface area contributed by atoms with Crippen LogP contribution in [-0.4, -0.2) is 17.4 Å². The molecular weight excluding hydrogens is 260 g/mol. The lowest BCUT2D eigenvalue weighted by molar-refractivity contribution is 0.100. The number of rotatable bonds is 5. The average Bonchev–Trinajstić information content (AvgIpc) is 2.77. The minimum atomic E-state index is -0.517. The number of primary amides is 1. The number of benzene rings is 1. The molecule has 0 spiro atoms. The van der Waals surface area contributed by atoms with E-state index >= 15 is 0 Å². The number of nitrogen functional groups attached to an aromatic ring is 1. The van der Waals surface area contributed by atoms with Gasteiger partial charge in [0.05, 0.1) is 10.6 Å². The summed E-state index contributed by atoms with van der Waals surface area (Å²) in [4.78, 5) is 15.6. The maximum Gasteiger partial charge on any atom is 0.250 e. The molecule has 5 N–H and O–H groups in total. The van der Waals surface area contributed by atoms with Crippen molar-refractivity contribution in [2.24, 2.45) is 5.73 Å². The summed E-state index contributed by atoms with van der Waals surface area (Å²) in [5.74, 6) is -0.517. The van der Waals surface area contributed by atoms with Gasteiger partial charge in [0.15, 0.2) is 0 Å². The van der Waals surface area contributed by atoms with E-state index in [0.29, 0.717) is 11.3 Å². The first-order valence-corrected chi connectivity index (χ1v) is 6.78. The smallest absolute Gasteiger partial charge is 0.250 e. The summed E-state index contributed by atoms with van der Waals surface area (Å²) < 4.78 is 0. The fraction of sp³-hybridized carbons (Fsp3) is 0.231. The molecule has 2 aromatic rings. The van der Waals surface area contributed by atoms with Crippen LogP contribution in [0, 0.1) is 6.92 Å². The highest BCUT2D eigenvalue weighted by Gasteiger charge is 2.06. The van der Waals surface area contributed by atoms with Gasteiger partial charge in [-0.1, -0.05) is 0 Å². The second-order valence-corrected chi connectivity index (χ2v) is 5.17. The summed E-state index contributed by atoms with van der Waals surface area (Å²) in [6.45, 7) is 2.72. The zero-order chi connectivity index (χ0) is 13.8. The Labute approximate surface area is 115 Å². The Morgan fingerprint density at radius 1 is 1.47 bits per heavy atom. The van der Waals surface area contributed by atoms with E-state index < -0.39 is 5.91 Å². The number of aryl methyl sites for hydroxylation is 1. The predicted octanol–water partition coefficient (Wildman–Crippen LogP) is 1.79. The number of thiazole rings is 1. The van der Waals surface area contributed by atoms with Crippen molar-refractivity contribution in [3.8, 4) is 0 Å². The standard InChI is InChI=1S/C13H16N4OS/c1-8-7-19-12(17-8)4-5-16-9-2-3-11(14)10(6-9)13(15)18/h2-3,6-7,16H,4-5,14H2,1H3,(H2,15,18). The summed E-state index contributed by atoms with van der Waals surface area (Å²) in [6.07, 6.45) is 0.842. The first kappa shape index (κ1) is 13.4. The van der Waals surface area contributed by atoms with Crippen LogP contribution in [0.1, 0.15) is 21.1 Å². The van der Waals surface area contributed by atoms with E-state index in [-0.39, 0.29) is 0 Å². The third-order valence-corrected chi connectivity index (χ3v) is 3.68. The number of nitrogens with zero attached hydrogens (tertiary/aromatic N) is 1. The first-order valence-electron chi connectivity index (χ1n) is 5.90. The van der Waals surface area contributed by atoms with E-state index in [1.54, 1.807) is 23.5 Å². The number of nitrogens with two attached hydrogens (primary N) is 2. The average molecular weight is 276 g/mol. The van der Waals surface area contributed by atoms with E-state index in [9.17, 15) is 4.79 Å². The first-order chi connectivity index (χ1) is 9.06. The molecule has 2 rings (SSSR count). The monoisotopic (exact) mass is 276 g/mol. The molecule has 0 saturated carbocycles. The third kappa shape index (κ3) is 3.45. The number of hydrogen-bond donors (Lipinski definition) is 3. The molecule has 0 fully saturated rings. The number of anilines is 2. The molecule has 0 saturated heterocycles. The molecule has 0 atom stereocenters. The topological polar surface area (TPSA) is 94.0 Å². The number of hydrogen-bond acceptors (Lipinski definition) is 5. The van der Waals surface area contributed by atoms with Crippen molar-refractivity contribution in [3.63, 3.8) is 0 Å². The molecule has 0 bridgehead atoms. The molecule has 0 unspecified atom stereocenters. The zero-order valence-corrected chi connectivity index (χ0v) is 11.5. The molecular formula is C13H16N4OS. The Balaban J connectivity index is 1.96. The molecule has 0 radical (unpaired) electrons. The van der Waals surface area contributed by atoms with E-state index in [0.717, 1.165) is 29.4 Å². The minimum absolute atomic E-state index is 0.343. The molecule has 6 heteroatoms. The van der Waals surface area contributed by atoms with E-state index in [1.807, 2.05) is 18.4 Å². The number of carbonyl (C=O) groups excluding carboxylic acids is 1. The minimum Gasteiger partial charge on any atom is -0.398 e. The van der Waals surface area contributed by atoms with Gasteiger partial charge in [-0.3, -0.25) is 4.79 Å². The molecule has 1 heterocycles. The van der Waals surface area contributed by atoms with Crippen molar-refractivity contribution in [1.29, 1.82) is 0 Å². The summed E-state index contributed by atoms with van der Waals surface area (Å²) in [5, 5.41) is 6.35. The Morgan fingerprint density at radius 3 is 2.89 bits per heavy atom. The van der Waals surface area contributed by atoms with Crippen molar-refractivity contribution in [1.82, 2.24) is 4.98 Å². The largest absolute Gasteiger partial charge is 0.398 e. The van der Waals surface area contributed by atoms with Crippen LogP contribution in [0.2, 0.25) is 0 Å². The summed E-state index contributed by atoms with van der Waals surface area (Å²) >= 11 is 1.65.